The molecule has 0 saturated heterocycles. The molecule has 136 valence electrons. The quantitative estimate of drug-likeness (QED) is 0.764. The second-order valence-electron chi connectivity index (χ2n) is 6.16. The van der Waals surface area contributed by atoms with Gasteiger partial charge in [0.1, 0.15) is 18.1 Å². The molecule has 1 aliphatic heterocycles. The third-order valence-electron chi connectivity index (χ3n) is 4.50. The molecular formula is C16H21FN4O4. The zero-order chi connectivity index (χ0) is 17.8. The minimum absolute atomic E-state index is 0.00123. The molecule has 1 aromatic rings. The number of fused-ring (bicyclic) bond motifs is 1. The van der Waals surface area contributed by atoms with E-state index in [2.05, 4.69) is 15.0 Å². The second-order valence-corrected chi connectivity index (χ2v) is 6.16. The Balaban J connectivity index is 1.57. The zero-order valence-electron chi connectivity index (χ0n) is 13.7. The summed E-state index contributed by atoms with van der Waals surface area (Å²) in [6.07, 6.45) is 3.61. The van der Waals surface area contributed by atoms with Gasteiger partial charge in [0.15, 0.2) is 6.61 Å². The van der Waals surface area contributed by atoms with E-state index in [0.717, 1.165) is 31.9 Å². The highest BCUT2D eigenvalue weighted by Gasteiger charge is 2.35. The molecule has 0 aromatic carbocycles. The topological polar surface area (TPSA) is 107 Å². The molecule has 3 N–H and O–H groups in total. The largest absolute Gasteiger partial charge is 0.466 e. The molecule has 1 aromatic heterocycles. The van der Waals surface area contributed by atoms with Crippen LogP contribution in [0.25, 0.3) is 0 Å². The summed E-state index contributed by atoms with van der Waals surface area (Å²) < 4.78 is 23.5. The number of ether oxygens (including phenoxy) is 2. The number of carbonyl (C=O) groups is 2. The Bertz CT molecular complexity index is 649. The van der Waals surface area contributed by atoms with Crippen molar-refractivity contribution in [1.82, 2.24) is 10.3 Å². The molecule has 0 spiro atoms. The Morgan fingerprint density at radius 1 is 1.44 bits per heavy atom. The number of carbonyl (C=O) groups excluding carboxylic acids is 2. The summed E-state index contributed by atoms with van der Waals surface area (Å²) in [5, 5.41) is 3.31. The van der Waals surface area contributed by atoms with E-state index in [1.165, 1.54) is 6.07 Å². The molecule has 0 unspecified atom stereocenters. The smallest absolute Gasteiger partial charge is 0.404 e. The first-order valence-electron chi connectivity index (χ1n) is 8.30. The van der Waals surface area contributed by atoms with Gasteiger partial charge in [-0.05, 0) is 25.7 Å². The van der Waals surface area contributed by atoms with E-state index >= 15 is 0 Å². The fourth-order valence-electron chi connectivity index (χ4n) is 3.39. The van der Waals surface area contributed by atoms with Crippen molar-refractivity contribution in [3.8, 4) is 5.88 Å². The van der Waals surface area contributed by atoms with Gasteiger partial charge in [-0.15, -0.1) is 0 Å². The lowest BCUT2D eigenvalue weighted by Gasteiger charge is -2.39. The van der Waals surface area contributed by atoms with Crippen LogP contribution in [0.2, 0.25) is 0 Å². The Hall–Kier alpha value is -2.42. The maximum atomic E-state index is 13.5. The standard InChI is InChI=1S/C16H21FN4O4/c17-10-7-13-15(20-8-10)25-9-14(22)21(13)12-3-1-11(2-4-12)19-5-6-24-16(18)23/h7-8,11-12,19H,1-6,9H2,(H2,18,23). The molecule has 1 fully saturated rings. The van der Waals surface area contributed by atoms with E-state index < -0.39 is 11.9 Å². The summed E-state index contributed by atoms with van der Waals surface area (Å²) in [5.74, 6) is -0.372. The zero-order valence-corrected chi connectivity index (χ0v) is 13.7. The number of nitrogens with zero attached hydrogens (tertiary/aromatic N) is 2. The number of rotatable bonds is 5. The van der Waals surface area contributed by atoms with E-state index in [-0.39, 0.29) is 31.2 Å². The Labute approximate surface area is 144 Å². The summed E-state index contributed by atoms with van der Waals surface area (Å²) in [6, 6.07) is 1.58. The predicted octanol–water partition coefficient (Wildman–Crippen LogP) is 0.942. The number of nitrogens with two attached hydrogens (primary N) is 1. The van der Waals surface area contributed by atoms with Crippen molar-refractivity contribution < 1.29 is 23.5 Å². The first kappa shape index (κ1) is 17.4. The highest BCUT2D eigenvalue weighted by Crippen LogP contribution is 2.35. The van der Waals surface area contributed by atoms with E-state index in [4.69, 9.17) is 10.5 Å². The van der Waals surface area contributed by atoms with Gasteiger partial charge in [-0.1, -0.05) is 0 Å². The van der Waals surface area contributed by atoms with Crippen LogP contribution in [-0.2, 0) is 9.53 Å². The summed E-state index contributed by atoms with van der Waals surface area (Å²) in [5.41, 5.74) is 5.31. The van der Waals surface area contributed by atoms with Gasteiger partial charge in [-0.25, -0.2) is 14.2 Å². The van der Waals surface area contributed by atoms with Gasteiger partial charge < -0.3 is 25.4 Å². The van der Waals surface area contributed by atoms with Crippen molar-refractivity contribution in [2.75, 3.05) is 24.7 Å². The number of hydrogen-bond donors (Lipinski definition) is 2. The highest BCUT2D eigenvalue weighted by molar-refractivity contribution is 5.97. The molecule has 0 atom stereocenters. The molecule has 3 rings (SSSR count). The second kappa shape index (κ2) is 7.64. The number of primary amides is 1. The lowest BCUT2D eigenvalue weighted by atomic mass is 9.89. The fraction of sp³-hybridized carbons (Fsp3) is 0.562. The van der Waals surface area contributed by atoms with Crippen LogP contribution in [0.15, 0.2) is 12.3 Å². The monoisotopic (exact) mass is 352 g/mol. The van der Waals surface area contributed by atoms with Gasteiger partial charge in [0.25, 0.3) is 5.91 Å². The maximum absolute atomic E-state index is 13.5. The summed E-state index contributed by atoms with van der Waals surface area (Å²) in [7, 11) is 0. The molecule has 0 bridgehead atoms. The fourth-order valence-corrected chi connectivity index (χ4v) is 3.39. The Morgan fingerprint density at radius 3 is 2.92 bits per heavy atom. The van der Waals surface area contributed by atoms with Gasteiger partial charge >= 0.3 is 6.09 Å². The van der Waals surface area contributed by atoms with Gasteiger partial charge in [0.05, 0.1) is 6.20 Å². The van der Waals surface area contributed by atoms with Crippen LogP contribution in [0.3, 0.4) is 0 Å². The van der Waals surface area contributed by atoms with Crippen LogP contribution in [-0.4, -0.2) is 48.8 Å². The summed E-state index contributed by atoms with van der Waals surface area (Å²) >= 11 is 0. The van der Waals surface area contributed by atoms with Crippen molar-refractivity contribution >= 4 is 17.7 Å². The minimum Gasteiger partial charge on any atom is -0.466 e. The van der Waals surface area contributed by atoms with Crippen LogP contribution in [0.4, 0.5) is 14.9 Å². The molecule has 2 amide bonds. The number of nitrogens with one attached hydrogen (secondary N) is 1. The average molecular weight is 352 g/mol. The van der Waals surface area contributed by atoms with Crippen LogP contribution in [0, 0.1) is 5.82 Å². The third-order valence-corrected chi connectivity index (χ3v) is 4.50. The van der Waals surface area contributed by atoms with E-state index in [1.807, 2.05) is 0 Å². The Kier molecular flexibility index (Phi) is 5.32. The lowest BCUT2D eigenvalue weighted by molar-refractivity contribution is -0.122. The molecule has 9 heteroatoms. The number of halogens is 1. The van der Waals surface area contributed by atoms with Crippen LogP contribution in [0.5, 0.6) is 5.88 Å². The molecule has 2 heterocycles. The van der Waals surface area contributed by atoms with Gasteiger partial charge in [0, 0.05) is 24.7 Å². The number of hydrogen-bond acceptors (Lipinski definition) is 6. The van der Waals surface area contributed by atoms with Crippen LogP contribution in [0.1, 0.15) is 25.7 Å². The first-order valence-corrected chi connectivity index (χ1v) is 8.30. The van der Waals surface area contributed by atoms with Gasteiger partial charge in [-0.3, -0.25) is 4.79 Å². The molecule has 2 aliphatic rings. The number of anilines is 1. The molecular weight excluding hydrogens is 331 g/mol. The van der Waals surface area contributed by atoms with E-state index in [9.17, 15) is 14.0 Å². The van der Waals surface area contributed by atoms with Gasteiger partial charge in [-0.2, -0.15) is 0 Å². The molecule has 0 radical (unpaired) electrons. The van der Waals surface area contributed by atoms with Crippen molar-refractivity contribution in [1.29, 1.82) is 0 Å². The predicted molar refractivity (Wildman–Crippen MR) is 86.8 cm³/mol. The average Bonchev–Trinajstić information content (AvgIpc) is 2.59. The molecule has 1 aliphatic carbocycles. The van der Waals surface area contributed by atoms with Crippen molar-refractivity contribution in [3.63, 3.8) is 0 Å². The number of pyridine rings is 1. The molecule has 8 nitrogen and oxygen atoms in total. The highest BCUT2D eigenvalue weighted by atomic mass is 19.1. The normalized spacial score (nSPS) is 22.9. The Morgan fingerprint density at radius 2 is 2.20 bits per heavy atom. The first-order chi connectivity index (χ1) is 12.0. The van der Waals surface area contributed by atoms with Crippen molar-refractivity contribution in [2.45, 2.75) is 37.8 Å². The summed E-state index contributed by atoms with van der Waals surface area (Å²) in [6.45, 7) is 0.691. The van der Waals surface area contributed by atoms with Gasteiger partial charge in [0.2, 0.25) is 5.88 Å². The molecule has 25 heavy (non-hydrogen) atoms. The molecule has 1 saturated carbocycles. The van der Waals surface area contributed by atoms with E-state index in [1.54, 1.807) is 4.90 Å². The van der Waals surface area contributed by atoms with Crippen molar-refractivity contribution in [2.24, 2.45) is 5.73 Å². The number of amides is 2. The van der Waals surface area contributed by atoms with Crippen LogP contribution < -0.4 is 20.7 Å². The number of aromatic nitrogens is 1. The third kappa shape index (κ3) is 4.16. The summed E-state index contributed by atoms with van der Waals surface area (Å²) in [4.78, 5) is 28.4. The van der Waals surface area contributed by atoms with Crippen molar-refractivity contribution in [3.05, 3.63) is 18.1 Å². The lowest BCUT2D eigenvalue weighted by Crippen LogP contribution is -2.49. The van der Waals surface area contributed by atoms with Crippen LogP contribution >= 0.6 is 0 Å². The SMILES string of the molecule is NC(=O)OCCNC1CCC(N2C(=O)COc3ncc(F)cc32)CC1. The van der Waals surface area contributed by atoms with E-state index in [0.29, 0.717) is 18.1 Å². The maximum Gasteiger partial charge on any atom is 0.404 e. The minimum atomic E-state index is -0.782.